The highest BCUT2D eigenvalue weighted by molar-refractivity contribution is 5.59. The fourth-order valence-corrected chi connectivity index (χ4v) is 1.10. The SMILES string of the molecule is CN(C)CCNc1cnccc1[N+](=O)[O-]. The first kappa shape index (κ1) is 11.4. The van der Waals surface area contributed by atoms with Crippen LogP contribution in [-0.4, -0.2) is 42.0 Å². The summed E-state index contributed by atoms with van der Waals surface area (Å²) in [6.07, 6.45) is 2.88. The molecule has 0 radical (unpaired) electrons. The van der Waals surface area contributed by atoms with Crippen molar-refractivity contribution in [2.45, 2.75) is 0 Å². The van der Waals surface area contributed by atoms with Crippen molar-refractivity contribution in [3.63, 3.8) is 0 Å². The Labute approximate surface area is 88.1 Å². The third-order valence-electron chi connectivity index (χ3n) is 1.87. The molecule has 1 aromatic rings. The lowest BCUT2D eigenvalue weighted by Crippen LogP contribution is -2.21. The topological polar surface area (TPSA) is 71.3 Å². The maximum absolute atomic E-state index is 10.6. The van der Waals surface area contributed by atoms with E-state index in [-0.39, 0.29) is 5.69 Å². The summed E-state index contributed by atoms with van der Waals surface area (Å²) in [5.74, 6) is 0. The summed E-state index contributed by atoms with van der Waals surface area (Å²) in [4.78, 5) is 16.1. The molecule has 0 amide bonds. The normalized spacial score (nSPS) is 10.3. The quantitative estimate of drug-likeness (QED) is 0.579. The van der Waals surface area contributed by atoms with Gasteiger partial charge in [-0.1, -0.05) is 0 Å². The van der Waals surface area contributed by atoms with Crippen molar-refractivity contribution in [3.8, 4) is 0 Å². The van der Waals surface area contributed by atoms with Gasteiger partial charge in [-0.15, -0.1) is 0 Å². The molecule has 0 saturated carbocycles. The number of hydrogen-bond acceptors (Lipinski definition) is 5. The highest BCUT2D eigenvalue weighted by Gasteiger charge is 2.11. The van der Waals surface area contributed by atoms with Gasteiger partial charge in [0, 0.05) is 25.4 Å². The summed E-state index contributed by atoms with van der Waals surface area (Å²) in [5, 5.41) is 13.6. The molecule has 6 nitrogen and oxygen atoms in total. The second kappa shape index (κ2) is 5.26. The fourth-order valence-electron chi connectivity index (χ4n) is 1.10. The zero-order valence-electron chi connectivity index (χ0n) is 8.80. The van der Waals surface area contributed by atoms with Crippen LogP contribution in [0.3, 0.4) is 0 Å². The van der Waals surface area contributed by atoms with Gasteiger partial charge in [0.1, 0.15) is 5.69 Å². The number of nitrogens with one attached hydrogen (secondary N) is 1. The number of rotatable bonds is 5. The van der Waals surface area contributed by atoms with Gasteiger partial charge >= 0.3 is 0 Å². The van der Waals surface area contributed by atoms with E-state index in [4.69, 9.17) is 0 Å². The van der Waals surface area contributed by atoms with Gasteiger partial charge in [-0.2, -0.15) is 0 Å². The number of pyridine rings is 1. The highest BCUT2D eigenvalue weighted by Crippen LogP contribution is 2.21. The van der Waals surface area contributed by atoms with Gasteiger partial charge in [0.25, 0.3) is 5.69 Å². The molecular formula is C9H14N4O2. The van der Waals surface area contributed by atoms with Gasteiger partial charge in [-0.05, 0) is 14.1 Å². The second-order valence-electron chi connectivity index (χ2n) is 3.38. The Bertz CT molecular complexity index is 341. The van der Waals surface area contributed by atoms with Gasteiger partial charge in [0.05, 0.1) is 11.1 Å². The van der Waals surface area contributed by atoms with E-state index in [0.29, 0.717) is 12.2 Å². The first-order valence-electron chi connectivity index (χ1n) is 4.58. The third-order valence-corrected chi connectivity index (χ3v) is 1.87. The van der Waals surface area contributed by atoms with Crippen LogP contribution in [0.1, 0.15) is 0 Å². The minimum atomic E-state index is -0.417. The molecule has 1 aromatic heterocycles. The average molecular weight is 210 g/mol. The smallest absolute Gasteiger partial charge is 0.295 e. The van der Waals surface area contributed by atoms with Crippen LogP contribution in [0.25, 0.3) is 0 Å². The Kier molecular flexibility index (Phi) is 3.99. The molecule has 6 heteroatoms. The summed E-state index contributed by atoms with van der Waals surface area (Å²) in [6.45, 7) is 1.46. The monoisotopic (exact) mass is 210 g/mol. The lowest BCUT2D eigenvalue weighted by molar-refractivity contribution is -0.384. The van der Waals surface area contributed by atoms with Gasteiger partial charge in [0.2, 0.25) is 0 Å². The summed E-state index contributed by atoms with van der Waals surface area (Å²) in [7, 11) is 3.89. The lowest BCUT2D eigenvalue weighted by atomic mass is 10.3. The van der Waals surface area contributed by atoms with Crippen molar-refractivity contribution < 1.29 is 4.92 Å². The minimum Gasteiger partial charge on any atom is -0.377 e. The van der Waals surface area contributed by atoms with Crippen molar-refractivity contribution in [2.24, 2.45) is 0 Å². The second-order valence-corrected chi connectivity index (χ2v) is 3.38. The zero-order valence-corrected chi connectivity index (χ0v) is 8.80. The molecule has 0 saturated heterocycles. The fraction of sp³-hybridized carbons (Fsp3) is 0.444. The summed E-state index contributed by atoms with van der Waals surface area (Å²) < 4.78 is 0. The largest absolute Gasteiger partial charge is 0.377 e. The molecule has 0 atom stereocenters. The standard InChI is InChI=1S/C9H14N4O2/c1-12(2)6-5-11-8-7-10-4-3-9(8)13(14)15/h3-4,7,11H,5-6H2,1-2H3. The molecule has 1 N–H and O–H groups in total. The average Bonchev–Trinajstić information content (AvgIpc) is 2.17. The molecular weight excluding hydrogens is 196 g/mol. The first-order valence-corrected chi connectivity index (χ1v) is 4.58. The number of aromatic nitrogens is 1. The van der Waals surface area contributed by atoms with Crippen molar-refractivity contribution in [2.75, 3.05) is 32.5 Å². The minimum absolute atomic E-state index is 0.0590. The number of nitro groups is 1. The molecule has 0 aliphatic rings. The third kappa shape index (κ3) is 3.51. The molecule has 0 unspecified atom stereocenters. The van der Waals surface area contributed by atoms with Gasteiger partial charge < -0.3 is 10.2 Å². The van der Waals surface area contributed by atoms with E-state index in [1.54, 1.807) is 0 Å². The molecule has 0 fully saturated rings. The van der Waals surface area contributed by atoms with Crippen LogP contribution in [0.4, 0.5) is 11.4 Å². The molecule has 0 spiro atoms. The molecule has 1 heterocycles. The van der Waals surface area contributed by atoms with Crippen LogP contribution in [0.5, 0.6) is 0 Å². The molecule has 15 heavy (non-hydrogen) atoms. The van der Waals surface area contributed by atoms with E-state index < -0.39 is 4.92 Å². The number of nitrogens with zero attached hydrogens (tertiary/aromatic N) is 3. The maximum Gasteiger partial charge on any atom is 0.295 e. The molecule has 0 aromatic carbocycles. The van der Waals surface area contributed by atoms with Crippen LogP contribution in [0.2, 0.25) is 0 Å². The summed E-state index contributed by atoms with van der Waals surface area (Å²) >= 11 is 0. The molecule has 1 rings (SSSR count). The number of hydrogen-bond donors (Lipinski definition) is 1. The highest BCUT2D eigenvalue weighted by atomic mass is 16.6. The Morgan fingerprint density at radius 1 is 1.60 bits per heavy atom. The van der Waals surface area contributed by atoms with Gasteiger partial charge in [0.15, 0.2) is 0 Å². The molecule has 0 bridgehead atoms. The van der Waals surface area contributed by atoms with E-state index in [1.165, 1.54) is 18.5 Å². The summed E-state index contributed by atoms with van der Waals surface area (Å²) in [5.41, 5.74) is 0.521. The van der Waals surface area contributed by atoms with Gasteiger partial charge in [-0.25, -0.2) is 0 Å². The lowest BCUT2D eigenvalue weighted by Gasteiger charge is -2.10. The van der Waals surface area contributed by atoms with Crippen molar-refractivity contribution >= 4 is 11.4 Å². The Balaban J connectivity index is 2.63. The van der Waals surface area contributed by atoms with Crippen LogP contribution >= 0.6 is 0 Å². The van der Waals surface area contributed by atoms with Crippen LogP contribution in [-0.2, 0) is 0 Å². The number of anilines is 1. The van der Waals surface area contributed by atoms with E-state index in [1.807, 2.05) is 19.0 Å². The zero-order chi connectivity index (χ0) is 11.3. The Morgan fingerprint density at radius 2 is 2.33 bits per heavy atom. The molecule has 82 valence electrons. The van der Waals surface area contributed by atoms with E-state index >= 15 is 0 Å². The molecule has 0 aliphatic carbocycles. The van der Waals surface area contributed by atoms with Crippen molar-refractivity contribution in [1.29, 1.82) is 0 Å². The van der Waals surface area contributed by atoms with Crippen molar-refractivity contribution in [3.05, 3.63) is 28.6 Å². The predicted octanol–water partition coefficient (Wildman–Crippen LogP) is 0.963. The van der Waals surface area contributed by atoms with Crippen LogP contribution in [0.15, 0.2) is 18.5 Å². The molecule has 0 aliphatic heterocycles. The van der Waals surface area contributed by atoms with E-state index in [9.17, 15) is 10.1 Å². The summed E-state index contributed by atoms with van der Waals surface area (Å²) in [6, 6.07) is 1.39. The maximum atomic E-state index is 10.6. The predicted molar refractivity (Wildman–Crippen MR) is 57.9 cm³/mol. The first-order chi connectivity index (χ1) is 7.11. The van der Waals surface area contributed by atoms with E-state index in [2.05, 4.69) is 10.3 Å². The van der Waals surface area contributed by atoms with E-state index in [0.717, 1.165) is 6.54 Å². The van der Waals surface area contributed by atoms with Gasteiger partial charge in [-0.3, -0.25) is 15.1 Å². The van der Waals surface area contributed by atoms with Crippen molar-refractivity contribution in [1.82, 2.24) is 9.88 Å². The number of likely N-dealkylation sites (N-methyl/N-ethyl adjacent to an activating group) is 1. The van der Waals surface area contributed by atoms with Crippen LogP contribution < -0.4 is 5.32 Å². The van der Waals surface area contributed by atoms with Crippen LogP contribution in [0, 0.1) is 10.1 Å². The Morgan fingerprint density at radius 3 is 2.93 bits per heavy atom. The Hall–Kier alpha value is -1.69.